The predicted molar refractivity (Wildman–Crippen MR) is 179 cm³/mol. The fourth-order valence-corrected chi connectivity index (χ4v) is 7.87. The minimum absolute atomic E-state index is 0.625. The van der Waals surface area contributed by atoms with E-state index in [1.807, 2.05) is 29.5 Å². The number of anilines is 3. The SMILES string of the molecule is c1ccc2c(c1)-c1cccc3cccc(c13)N2c1nc(-c2ccc3c(c2)sc2ccccc23)c2oc3ccccc3c2n1. The Balaban J connectivity index is 1.30. The fourth-order valence-electron chi connectivity index (χ4n) is 6.72. The van der Waals surface area contributed by atoms with Gasteiger partial charge in [0.05, 0.1) is 11.4 Å². The summed E-state index contributed by atoms with van der Waals surface area (Å²) in [6.07, 6.45) is 0. The van der Waals surface area contributed by atoms with Gasteiger partial charge in [-0.2, -0.15) is 0 Å². The predicted octanol–water partition coefficient (Wildman–Crippen LogP) is 11.0. The minimum atomic E-state index is 0.625. The van der Waals surface area contributed by atoms with Crippen molar-refractivity contribution in [1.29, 1.82) is 0 Å². The molecule has 4 nitrogen and oxygen atoms in total. The average Bonchev–Trinajstić information content (AvgIpc) is 3.63. The molecule has 3 aromatic heterocycles. The van der Waals surface area contributed by atoms with Crippen LogP contribution in [-0.2, 0) is 0 Å². The molecule has 6 aromatic carbocycles. The Morgan fingerprint density at radius 1 is 0.581 bits per heavy atom. The molecule has 0 saturated carbocycles. The van der Waals surface area contributed by atoms with Gasteiger partial charge in [-0.15, -0.1) is 11.3 Å². The van der Waals surface area contributed by atoms with Gasteiger partial charge < -0.3 is 4.42 Å². The molecule has 5 heteroatoms. The lowest BCUT2D eigenvalue weighted by Gasteiger charge is -2.32. The highest BCUT2D eigenvalue weighted by atomic mass is 32.1. The van der Waals surface area contributed by atoms with Gasteiger partial charge in [-0.25, -0.2) is 9.97 Å². The normalized spacial score (nSPS) is 12.6. The summed E-state index contributed by atoms with van der Waals surface area (Å²) in [7, 11) is 0. The van der Waals surface area contributed by atoms with E-state index < -0.39 is 0 Å². The van der Waals surface area contributed by atoms with Crippen molar-refractivity contribution in [3.8, 4) is 22.4 Å². The van der Waals surface area contributed by atoms with Gasteiger partial charge in [0.2, 0.25) is 5.95 Å². The van der Waals surface area contributed by atoms with Crippen LogP contribution in [0.15, 0.2) is 132 Å². The molecule has 0 radical (unpaired) electrons. The van der Waals surface area contributed by atoms with Crippen LogP contribution >= 0.6 is 11.3 Å². The summed E-state index contributed by atoms with van der Waals surface area (Å²) in [5.41, 5.74) is 8.65. The van der Waals surface area contributed by atoms with Gasteiger partial charge in [-0.05, 0) is 47.3 Å². The Hall–Kier alpha value is -5.52. The molecule has 0 amide bonds. The molecular formula is C38H21N3OS. The summed E-state index contributed by atoms with van der Waals surface area (Å²) in [5, 5.41) is 5.92. The molecule has 1 aliphatic heterocycles. The molecule has 0 aliphatic carbocycles. The molecule has 0 spiro atoms. The number of benzene rings is 6. The zero-order valence-electron chi connectivity index (χ0n) is 22.8. The Kier molecular flexibility index (Phi) is 4.57. The van der Waals surface area contributed by atoms with Crippen molar-refractivity contribution in [1.82, 2.24) is 9.97 Å². The highest BCUT2D eigenvalue weighted by molar-refractivity contribution is 7.25. The van der Waals surface area contributed by atoms with Crippen LogP contribution < -0.4 is 4.90 Å². The molecule has 0 saturated heterocycles. The third-order valence-electron chi connectivity index (χ3n) is 8.62. The largest absolute Gasteiger partial charge is 0.452 e. The maximum atomic E-state index is 6.49. The molecule has 200 valence electrons. The van der Waals surface area contributed by atoms with E-state index in [0.717, 1.165) is 39.1 Å². The monoisotopic (exact) mass is 567 g/mol. The lowest BCUT2D eigenvalue weighted by molar-refractivity contribution is 0.667. The first-order valence-electron chi connectivity index (χ1n) is 14.3. The van der Waals surface area contributed by atoms with Gasteiger partial charge in [-0.1, -0.05) is 91.0 Å². The van der Waals surface area contributed by atoms with Crippen LogP contribution in [0.4, 0.5) is 17.3 Å². The molecule has 43 heavy (non-hydrogen) atoms. The number of hydrogen-bond donors (Lipinski definition) is 0. The summed E-state index contributed by atoms with van der Waals surface area (Å²) in [6, 6.07) is 44.9. The van der Waals surface area contributed by atoms with Crippen LogP contribution in [0.5, 0.6) is 0 Å². The molecule has 1 aliphatic rings. The van der Waals surface area contributed by atoms with E-state index in [0.29, 0.717) is 11.5 Å². The molecule has 0 bridgehead atoms. The molecule has 0 N–H and O–H groups in total. The number of aromatic nitrogens is 2. The Morgan fingerprint density at radius 2 is 1.33 bits per heavy atom. The third-order valence-corrected chi connectivity index (χ3v) is 9.75. The second kappa shape index (κ2) is 8.51. The van der Waals surface area contributed by atoms with Crippen LogP contribution in [-0.4, -0.2) is 9.97 Å². The van der Waals surface area contributed by atoms with Crippen molar-refractivity contribution < 1.29 is 4.42 Å². The number of nitrogens with zero attached hydrogens (tertiary/aromatic N) is 3. The average molecular weight is 568 g/mol. The standard InChI is InChI=1S/C38H21N3OS/c1-4-15-29-24(11-1)27-14-7-9-22-10-8-16-30(34(22)27)41(29)38-39-35(37-36(40-38)28-13-2-5-17-31(28)42-37)23-19-20-26-25-12-3-6-18-32(25)43-33(26)21-23/h1-21H. The van der Waals surface area contributed by atoms with Crippen LogP contribution in [0.3, 0.4) is 0 Å². The van der Waals surface area contributed by atoms with E-state index in [2.05, 4.69) is 114 Å². The maximum Gasteiger partial charge on any atom is 0.236 e. The molecule has 10 rings (SSSR count). The summed E-state index contributed by atoms with van der Waals surface area (Å²) >= 11 is 1.81. The first-order chi connectivity index (χ1) is 21.3. The lowest BCUT2D eigenvalue weighted by Crippen LogP contribution is -2.17. The molecule has 0 fully saturated rings. The van der Waals surface area contributed by atoms with Crippen LogP contribution in [0.2, 0.25) is 0 Å². The summed E-state index contributed by atoms with van der Waals surface area (Å²) in [5.74, 6) is 0.625. The quantitative estimate of drug-likeness (QED) is 0.208. The zero-order chi connectivity index (χ0) is 28.1. The number of thiophene rings is 1. The molecule has 0 atom stereocenters. The fraction of sp³-hybridized carbons (Fsp3) is 0. The number of furan rings is 1. The van der Waals surface area contributed by atoms with Gasteiger partial charge in [0, 0.05) is 42.1 Å². The minimum Gasteiger partial charge on any atom is -0.452 e. The number of fused-ring (bicyclic) bond motifs is 8. The zero-order valence-corrected chi connectivity index (χ0v) is 23.6. The van der Waals surface area contributed by atoms with E-state index in [-0.39, 0.29) is 0 Å². The Labute approximate surface area is 250 Å². The summed E-state index contributed by atoms with van der Waals surface area (Å²) in [4.78, 5) is 12.8. The Morgan fingerprint density at radius 3 is 2.28 bits per heavy atom. The van der Waals surface area contributed by atoms with Gasteiger partial charge in [0.15, 0.2) is 5.58 Å². The van der Waals surface area contributed by atoms with Crippen molar-refractivity contribution >= 4 is 81.7 Å². The molecule has 4 heterocycles. The summed E-state index contributed by atoms with van der Waals surface area (Å²) in [6.45, 7) is 0. The van der Waals surface area contributed by atoms with Crippen LogP contribution in [0.25, 0.3) is 75.4 Å². The number of hydrogen-bond acceptors (Lipinski definition) is 5. The van der Waals surface area contributed by atoms with Gasteiger partial charge in [-0.3, -0.25) is 4.90 Å². The molecule has 9 aromatic rings. The Bertz CT molecular complexity index is 2590. The van der Waals surface area contributed by atoms with Crippen molar-refractivity contribution in [2.45, 2.75) is 0 Å². The molecule has 0 unspecified atom stereocenters. The summed E-state index contributed by atoms with van der Waals surface area (Å²) < 4.78 is 9.00. The van der Waals surface area contributed by atoms with E-state index >= 15 is 0 Å². The van der Waals surface area contributed by atoms with E-state index in [1.54, 1.807) is 0 Å². The lowest BCUT2D eigenvalue weighted by atomic mass is 9.91. The van der Waals surface area contributed by atoms with Crippen molar-refractivity contribution in [2.75, 3.05) is 4.90 Å². The smallest absolute Gasteiger partial charge is 0.236 e. The maximum absolute atomic E-state index is 6.49. The third kappa shape index (κ3) is 3.20. The topological polar surface area (TPSA) is 42.2 Å². The van der Waals surface area contributed by atoms with Crippen molar-refractivity contribution in [3.63, 3.8) is 0 Å². The second-order valence-corrected chi connectivity index (χ2v) is 12.1. The van der Waals surface area contributed by atoms with E-state index in [1.165, 1.54) is 42.1 Å². The van der Waals surface area contributed by atoms with Gasteiger partial charge in [0.25, 0.3) is 0 Å². The number of para-hydroxylation sites is 2. The van der Waals surface area contributed by atoms with Crippen LogP contribution in [0, 0.1) is 0 Å². The van der Waals surface area contributed by atoms with E-state index in [4.69, 9.17) is 14.4 Å². The van der Waals surface area contributed by atoms with E-state index in [9.17, 15) is 0 Å². The second-order valence-electron chi connectivity index (χ2n) is 11.0. The van der Waals surface area contributed by atoms with Gasteiger partial charge in [0.1, 0.15) is 16.8 Å². The number of rotatable bonds is 2. The highest BCUT2D eigenvalue weighted by Crippen LogP contribution is 2.50. The highest BCUT2D eigenvalue weighted by Gasteiger charge is 2.29. The first-order valence-corrected chi connectivity index (χ1v) is 15.2. The van der Waals surface area contributed by atoms with Crippen LogP contribution in [0.1, 0.15) is 0 Å². The van der Waals surface area contributed by atoms with Gasteiger partial charge >= 0.3 is 0 Å². The van der Waals surface area contributed by atoms with Crippen molar-refractivity contribution in [3.05, 3.63) is 127 Å². The molecular weight excluding hydrogens is 547 g/mol. The van der Waals surface area contributed by atoms with Crippen molar-refractivity contribution in [2.24, 2.45) is 0 Å². The first kappa shape index (κ1) is 23.1.